The minimum atomic E-state index is -0.253. The van der Waals surface area contributed by atoms with E-state index in [2.05, 4.69) is 10.6 Å². The van der Waals surface area contributed by atoms with Crippen molar-refractivity contribution in [3.63, 3.8) is 0 Å². The fourth-order valence-electron chi connectivity index (χ4n) is 2.22. The van der Waals surface area contributed by atoms with Crippen molar-refractivity contribution in [3.8, 4) is 11.5 Å². The minimum absolute atomic E-state index is 0.253. The SMILES string of the molecule is COc1ccc(NC(=O)NC=C2CCCC2)cc1OC. The summed E-state index contributed by atoms with van der Waals surface area (Å²) in [6.07, 6.45) is 6.39. The molecule has 0 saturated heterocycles. The number of carbonyl (C=O) groups excluding carboxylic acids is 1. The summed E-state index contributed by atoms with van der Waals surface area (Å²) >= 11 is 0. The van der Waals surface area contributed by atoms with E-state index in [0.29, 0.717) is 17.2 Å². The van der Waals surface area contributed by atoms with Crippen molar-refractivity contribution in [3.05, 3.63) is 30.0 Å². The summed E-state index contributed by atoms with van der Waals surface area (Å²) in [7, 11) is 3.14. The third-order valence-corrected chi connectivity index (χ3v) is 3.29. The second-order valence-electron chi connectivity index (χ2n) is 4.68. The predicted molar refractivity (Wildman–Crippen MR) is 78.3 cm³/mol. The van der Waals surface area contributed by atoms with Gasteiger partial charge in [0.2, 0.25) is 0 Å². The lowest BCUT2D eigenvalue weighted by Crippen LogP contribution is -2.24. The van der Waals surface area contributed by atoms with Crippen LogP contribution in [0.1, 0.15) is 25.7 Å². The molecule has 1 saturated carbocycles. The van der Waals surface area contributed by atoms with Crippen LogP contribution in [0.25, 0.3) is 0 Å². The Kier molecular flexibility index (Phi) is 4.87. The smallest absolute Gasteiger partial charge is 0.323 e. The quantitative estimate of drug-likeness (QED) is 0.887. The Balaban J connectivity index is 1.95. The highest BCUT2D eigenvalue weighted by Gasteiger charge is 2.08. The van der Waals surface area contributed by atoms with E-state index in [4.69, 9.17) is 9.47 Å². The number of hydrogen-bond donors (Lipinski definition) is 2. The largest absolute Gasteiger partial charge is 0.493 e. The summed E-state index contributed by atoms with van der Waals surface area (Å²) in [5, 5.41) is 5.52. The second kappa shape index (κ2) is 6.84. The van der Waals surface area contributed by atoms with E-state index in [1.807, 2.05) is 6.20 Å². The number of nitrogens with one attached hydrogen (secondary N) is 2. The number of benzene rings is 1. The van der Waals surface area contributed by atoms with Crippen LogP contribution < -0.4 is 20.1 Å². The van der Waals surface area contributed by atoms with Crippen molar-refractivity contribution >= 4 is 11.7 Å². The van der Waals surface area contributed by atoms with Crippen LogP contribution in [0.3, 0.4) is 0 Å². The Hall–Kier alpha value is -2.17. The van der Waals surface area contributed by atoms with E-state index in [-0.39, 0.29) is 6.03 Å². The average molecular weight is 276 g/mol. The number of urea groups is 1. The van der Waals surface area contributed by atoms with Crippen LogP contribution in [0.2, 0.25) is 0 Å². The maximum absolute atomic E-state index is 11.8. The topological polar surface area (TPSA) is 59.6 Å². The zero-order valence-electron chi connectivity index (χ0n) is 11.9. The lowest BCUT2D eigenvalue weighted by molar-refractivity contribution is 0.255. The van der Waals surface area contributed by atoms with Gasteiger partial charge in [-0.1, -0.05) is 5.57 Å². The average Bonchev–Trinajstić information content (AvgIpc) is 2.98. The molecule has 0 aliphatic heterocycles. The molecular formula is C15H20N2O3. The molecule has 0 atom stereocenters. The Morgan fingerprint density at radius 1 is 1.15 bits per heavy atom. The third kappa shape index (κ3) is 3.66. The molecule has 5 heteroatoms. The molecule has 1 fully saturated rings. The molecule has 2 N–H and O–H groups in total. The molecule has 0 unspecified atom stereocenters. The summed E-state index contributed by atoms with van der Waals surface area (Å²) in [5.41, 5.74) is 1.96. The summed E-state index contributed by atoms with van der Waals surface area (Å²) in [5.74, 6) is 1.21. The van der Waals surface area contributed by atoms with Crippen LogP contribution in [-0.4, -0.2) is 20.3 Å². The zero-order chi connectivity index (χ0) is 14.4. The summed E-state index contributed by atoms with van der Waals surface area (Å²) in [6.45, 7) is 0. The molecule has 0 bridgehead atoms. The van der Waals surface area contributed by atoms with Crippen molar-refractivity contribution in [2.75, 3.05) is 19.5 Å². The predicted octanol–water partition coefficient (Wildman–Crippen LogP) is 3.28. The Morgan fingerprint density at radius 3 is 2.50 bits per heavy atom. The van der Waals surface area contributed by atoms with Gasteiger partial charge in [0.1, 0.15) is 0 Å². The number of hydrogen-bond acceptors (Lipinski definition) is 3. The van der Waals surface area contributed by atoms with Gasteiger partial charge in [-0.3, -0.25) is 0 Å². The first-order chi connectivity index (χ1) is 9.72. The number of ether oxygens (including phenoxy) is 2. The Labute approximate surface area is 119 Å². The zero-order valence-corrected chi connectivity index (χ0v) is 11.9. The third-order valence-electron chi connectivity index (χ3n) is 3.29. The van der Waals surface area contributed by atoms with E-state index in [9.17, 15) is 4.79 Å². The fourth-order valence-corrected chi connectivity index (χ4v) is 2.22. The normalized spacial score (nSPS) is 13.8. The van der Waals surface area contributed by atoms with Crippen LogP contribution in [0.15, 0.2) is 30.0 Å². The molecule has 2 rings (SSSR count). The highest BCUT2D eigenvalue weighted by molar-refractivity contribution is 5.90. The molecule has 1 aliphatic rings. The number of rotatable bonds is 4. The molecule has 2 amide bonds. The van der Waals surface area contributed by atoms with Crippen molar-refractivity contribution in [2.45, 2.75) is 25.7 Å². The van der Waals surface area contributed by atoms with Crippen molar-refractivity contribution in [2.24, 2.45) is 0 Å². The molecular weight excluding hydrogens is 256 g/mol. The first-order valence-electron chi connectivity index (χ1n) is 6.70. The maximum atomic E-state index is 11.8. The van der Waals surface area contributed by atoms with Gasteiger partial charge in [-0.25, -0.2) is 4.79 Å². The van der Waals surface area contributed by atoms with Crippen molar-refractivity contribution in [1.82, 2.24) is 5.32 Å². The number of carbonyl (C=O) groups is 1. The summed E-state index contributed by atoms with van der Waals surface area (Å²) < 4.78 is 10.3. The number of methoxy groups -OCH3 is 2. The standard InChI is InChI=1S/C15H20N2O3/c1-19-13-8-7-12(9-14(13)20-2)17-15(18)16-10-11-5-3-4-6-11/h7-10H,3-6H2,1-2H3,(H2,16,17,18). The van der Waals surface area contributed by atoms with Crippen LogP contribution in [0.4, 0.5) is 10.5 Å². The number of amides is 2. The molecule has 20 heavy (non-hydrogen) atoms. The van der Waals surface area contributed by atoms with E-state index < -0.39 is 0 Å². The lowest BCUT2D eigenvalue weighted by Gasteiger charge is -2.10. The van der Waals surface area contributed by atoms with E-state index in [0.717, 1.165) is 12.8 Å². The highest BCUT2D eigenvalue weighted by Crippen LogP contribution is 2.29. The number of anilines is 1. The minimum Gasteiger partial charge on any atom is -0.493 e. The van der Waals surface area contributed by atoms with Gasteiger partial charge in [0.25, 0.3) is 0 Å². The second-order valence-corrected chi connectivity index (χ2v) is 4.68. The first-order valence-corrected chi connectivity index (χ1v) is 6.70. The van der Waals surface area contributed by atoms with Crippen LogP contribution >= 0.6 is 0 Å². The molecule has 0 heterocycles. The van der Waals surface area contributed by atoms with Gasteiger partial charge in [-0.15, -0.1) is 0 Å². The van der Waals surface area contributed by atoms with Crippen LogP contribution in [0.5, 0.6) is 11.5 Å². The van der Waals surface area contributed by atoms with E-state index in [1.54, 1.807) is 32.4 Å². The Bertz CT molecular complexity index is 504. The fraction of sp³-hybridized carbons (Fsp3) is 0.400. The van der Waals surface area contributed by atoms with Gasteiger partial charge >= 0.3 is 6.03 Å². The molecule has 1 aromatic rings. The van der Waals surface area contributed by atoms with Crippen LogP contribution in [-0.2, 0) is 0 Å². The van der Waals surface area contributed by atoms with Gasteiger partial charge in [0.05, 0.1) is 14.2 Å². The molecule has 5 nitrogen and oxygen atoms in total. The van der Waals surface area contributed by atoms with E-state index in [1.165, 1.54) is 18.4 Å². The van der Waals surface area contributed by atoms with E-state index >= 15 is 0 Å². The maximum Gasteiger partial charge on any atom is 0.323 e. The number of allylic oxidation sites excluding steroid dienone is 1. The van der Waals surface area contributed by atoms with Gasteiger partial charge in [0, 0.05) is 18.0 Å². The Morgan fingerprint density at radius 2 is 1.85 bits per heavy atom. The highest BCUT2D eigenvalue weighted by atomic mass is 16.5. The van der Waals surface area contributed by atoms with Gasteiger partial charge in [-0.05, 0) is 37.8 Å². The molecule has 0 radical (unpaired) electrons. The summed E-state index contributed by atoms with van der Waals surface area (Å²) in [6, 6.07) is 4.99. The van der Waals surface area contributed by atoms with Crippen LogP contribution in [0, 0.1) is 0 Å². The lowest BCUT2D eigenvalue weighted by atomic mass is 10.2. The van der Waals surface area contributed by atoms with Gasteiger partial charge < -0.3 is 20.1 Å². The van der Waals surface area contributed by atoms with Crippen molar-refractivity contribution < 1.29 is 14.3 Å². The van der Waals surface area contributed by atoms with Crippen molar-refractivity contribution in [1.29, 1.82) is 0 Å². The van der Waals surface area contributed by atoms with Gasteiger partial charge in [0.15, 0.2) is 11.5 Å². The molecule has 1 aromatic carbocycles. The van der Waals surface area contributed by atoms with Gasteiger partial charge in [-0.2, -0.15) is 0 Å². The first kappa shape index (κ1) is 14.2. The molecule has 0 aromatic heterocycles. The summed E-state index contributed by atoms with van der Waals surface area (Å²) in [4.78, 5) is 11.8. The molecule has 108 valence electrons. The monoisotopic (exact) mass is 276 g/mol. The molecule has 1 aliphatic carbocycles. The molecule has 0 spiro atoms.